The molecule has 32 N–H and O–H groups in total. The summed E-state index contributed by atoms with van der Waals surface area (Å²) in [6.07, 6.45) is 0.303. The van der Waals surface area contributed by atoms with Gasteiger partial charge in [-0.3, -0.25) is 105 Å². The number of rotatable bonds is 64. The van der Waals surface area contributed by atoms with Crippen LogP contribution >= 0.6 is 23.5 Å². The highest BCUT2D eigenvalue weighted by atomic mass is 32.2. The average Bonchev–Trinajstić information content (AvgIpc) is 1.33. The van der Waals surface area contributed by atoms with Crippen molar-refractivity contribution < 1.29 is 139 Å². The molecule has 1 aromatic heterocycles. The number of carbonyl (C=O) groups excluding carboxylic acids is 21. The molecule has 0 fully saturated rings. The number of hydrogen-bond donors (Lipinski definition) is 28. The van der Waals surface area contributed by atoms with Crippen LogP contribution in [0.5, 0.6) is 0 Å². The van der Waals surface area contributed by atoms with Crippen molar-refractivity contribution in [2.24, 2.45) is 40.7 Å². The van der Waals surface area contributed by atoms with E-state index in [-0.39, 0.29) is 68.9 Å². The Hall–Kier alpha value is -12.6. The van der Waals surface area contributed by atoms with Crippen molar-refractivity contribution in [2.75, 3.05) is 69.8 Å². The first-order valence-electron chi connectivity index (χ1n) is 44.4. The number of aliphatic hydroxyl groups excluding tert-OH is 1. The number of hydrogen-bond acceptors (Lipinski definition) is 30. The molecule has 139 heavy (non-hydrogen) atoms. The Labute approximate surface area is 809 Å². The highest BCUT2D eigenvalue weighted by Gasteiger charge is 2.41. The Morgan fingerprint density at radius 3 is 1.14 bits per heavy atom. The number of alkyl halides is 3. The van der Waals surface area contributed by atoms with Crippen molar-refractivity contribution >= 4 is 160 Å². The van der Waals surface area contributed by atoms with Gasteiger partial charge in [0.2, 0.25) is 124 Å². The van der Waals surface area contributed by atoms with E-state index >= 15 is 0 Å². The highest BCUT2D eigenvalue weighted by Crippen LogP contribution is 2.16. The lowest BCUT2D eigenvalue weighted by Crippen LogP contribution is -2.61. The number of halogens is 3. The lowest BCUT2D eigenvalue weighted by atomic mass is 9.99. The molecule has 0 bridgehead atoms. The normalized spacial score (nSPS) is 14.8. The summed E-state index contributed by atoms with van der Waals surface area (Å²) in [5, 5.41) is 75.0. The van der Waals surface area contributed by atoms with Crippen LogP contribution in [0.4, 0.5) is 13.2 Å². The molecule has 0 aliphatic rings. The monoisotopic (exact) mass is 2020 g/mol. The number of H-pyrrole nitrogens is 1. The van der Waals surface area contributed by atoms with Gasteiger partial charge in [0.1, 0.15) is 97.2 Å². The number of carboxylic acid groups (broad SMARTS) is 2. The van der Waals surface area contributed by atoms with E-state index in [4.69, 9.17) is 37.9 Å². The molecule has 1 aromatic rings. The number of aromatic amines is 1. The van der Waals surface area contributed by atoms with Crippen LogP contribution in [0.25, 0.3) is 0 Å². The molecular weight excluding hydrogens is 1890 g/mol. The highest BCUT2D eigenvalue weighted by molar-refractivity contribution is 7.98. The summed E-state index contributed by atoms with van der Waals surface area (Å²) < 4.78 is 31.7. The molecule has 0 radical (unpaired) electrons. The summed E-state index contributed by atoms with van der Waals surface area (Å²) in [7, 11) is 0. The molecule has 21 amide bonds. The number of carboxylic acids is 2. The minimum atomic E-state index is -5.08. The number of unbranched alkanes of at least 4 members (excludes halogenated alkanes) is 2. The minimum Gasteiger partial charge on any atom is -0.480 e. The predicted octanol–water partition coefficient (Wildman–Crippen LogP) is -9.65. The molecule has 57 heteroatoms. The van der Waals surface area contributed by atoms with Crippen molar-refractivity contribution in [1.82, 2.24) is 116 Å². The van der Waals surface area contributed by atoms with Crippen molar-refractivity contribution in [2.45, 2.75) is 270 Å². The van der Waals surface area contributed by atoms with Crippen LogP contribution in [0.2, 0.25) is 0 Å². The Morgan fingerprint density at radius 1 is 0.381 bits per heavy atom. The fraction of sp³-hybridized carbons (Fsp3) is 0.683. The SMILES string of the molecule is CSCC[C@H](NC(=O)[C@H](Cc1cnc[nH]1)NC(=O)[C@H](CCCCN)NC(=O)[C@H](CCSC)NC(=O)[C@H](CC(N)=O)NC(=O)[C@@H](NC(=O)[C@@H](N)CCCCN)[C@@H](C)O)C(=O)N[C@@H](C)C(=O)NCC(=O)N[C@@H](C)C(=O)N[C@@H](C)C(=O)N[C@@H](C)C(=O)N[C@@H](C)C(=O)NCC(=O)N[C@@H](C)C(=O)N[C@H](C(=O)N[C@H](C(=O)NCC(=O)NCC(=O)N[C@@H](CC(C)C)C(=O)NCC(=O)O)C(C)C)C(C)C.O=C(O)C(F)(F)F. The third-order valence-electron chi connectivity index (χ3n) is 19.9. The van der Waals surface area contributed by atoms with Crippen LogP contribution in [0, 0.1) is 17.8 Å². The number of imidazole rings is 1. The average molecular weight is 2030 g/mol. The standard InChI is InChI=1S/C80H138N26O24S2.C2HF3O2/c1-38(2)28-53(72(122)90-36-61(113)114)98-60(112)33-86-57(109)32-89-78(128)62(39(3)4)105-79(129)63(40(5)6)104-70(120)44(10)93-59(111)35-87-65(115)41(7)94-68(118)45(11)96-69(119)46(12)95-67(117)43(9)92-58(110)34-88-66(116)42(8)97-73(123)51(22-26-131-14)100-76(126)54(29-48-31-85-37-91-48)102-74(124)50(21-17-19-25-82)99-75(125)52(23-27-132-15)101-77(127)55(30-56(84)108)103-80(130)64(47(13)107)106-71(121)49(83)20-16-18-24-81;3-2(4,5)1(6)7/h31,37-47,49-55,62-64,107H,16-30,32-36,81-83H2,1-15H3,(H2,84,108)(H,85,91)(H,86,109)(H,87,115)(H,88,116)(H,89,128)(H,90,122)(H,92,110)(H,93,111)(H,94,118)(H,95,117)(H,96,119)(H,97,123)(H,98,112)(H,99,125)(H,100,126)(H,101,127)(H,102,124)(H,103,130)(H,104,120)(H,105,129)(H,106,121)(H,113,114);(H,6,7)/t41-,42-,43-,44-,45-,46-,47+,49-,50-,51-,52-,53-,54-,55-,62-,63-,64-;/m0./s1. The molecule has 0 aromatic carbocycles. The van der Waals surface area contributed by atoms with Gasteiger partial charge in [-0.1, -0.05) is 48.0 Å². The quantitative estimate of drug-likeness (QED) is 0.0269. The van der Waals surface area contributed by atoms with Gasteiger partial charge in [-0.15, -0.1) is 0 Å². The lowest BCUT2D eigenvalue weighted by molar-refractivity contribution is -0.192. The molecule has 1 heterocycles. The summed E-state index contributed by atoms with van der Waals surface area (Å²) in [6, 6.07) is -21.9. The number of primary amides is 1. The summed E-state index contributed by atoms with van der Waals surface area (Å²) in [5.74, 6) is -23.4. The first-order chi connectivity index (χ1) is 64.9. The molecule has 0 spiro atoms. The molecule has 0 aliphatic heterocycles. The molecule has 52 nitrogen and oxygen atoms in total. The number of aliphatic carboxylic acids is 2. The molecule has 0 aliphatic carbocycles. The number of amides is 21. The Morgan fingerprint density at radius 2 is 0.727 bits per heavy atom. The summed E-state index contributed by atoms with van der Waals surface area (Å²) in [4.78, 5) is 307. The van der Waals surface area contributed by atoms with Gasteiger partial charge in [-0.05, 0) is 155 Å². The maximum Gasteiger partial charge on any atom is 0.490 e. The molecule has 17 atom stereocenters. The second-order valence-electron chi connectivity index (χ2n) is 33.3. The summed E-state index contributed by atoms with van der Waals surface area (Å²) >= 11 is 2.59. The first kappa shape index (κ1) is 126. The smallest absolute Gasteiger partial charge is 0.480 e. The van der Waals surface area contributed by atoms with Gasteiger partial charge in [-0.2, -0.15) is 36.7 Å². The zero-order valence-corrected chi connectivity index (χ0v) is 81.9. The minimum absolute atomic E-state index is 0.0222. The number of nitrogens with zero attached hydrogens (tertiary/aromatic N) is 1. The van der Waals surface area contributed by atoms with E-state index in [2.05, 4.69) is 116 Å². The first-order valence-corrected chi connectivity index (χ1v) is 47.1. The number of nitrogens with one attached hydrogen (secondary N) is 21. The molecule has 0 saturated carbocycles. The van der Waals surface area contributed by atoms with Crippen molar-refractivity contribution in [1.29, 1.82) is 0 Å². The second-order valence-corrected chi connectivity index (χ2v) is 35.2. The van der Waals surface area contributed by atoms with Crippen molar-refractivity contribution in [3.05, 3.63) is 18.2 Å². The van der Waals surface area contributed by atoms with E-state index in [0.29, 0.717) is 31.5 Å². The van der Waals surface area contributed by atoms with Gasteiger partial charge >= 0.3 is 18.1 Å². The van der Waals surface area contributed by atoms with E-state index < -0.39 is 296 Å². The zero-order valence-electron chi connectivity index (χ0n) is 80.3. The third-order valence-corrected chi connectivity index (χ3v) is 21.1. The maximum absolute atomic E-state index is 14.5. The maximum atomic E-state index is 14.5. The van der Waals surface area contributed by atoms with Gasteiger partial charge in [0, 0.05) is 18.3 Å². The van der Waals surface area contributed by atoms with Crippen LogP contribution in [0.3, 0.4) is 0 Å². The van der Waals surface area contributed by atoms with Crippen LogP contribution in [-0.2, 0) is 117 Å². The van der Waals surface area contributed by atoms with Crippen LogP contribution in [0.1, 0.15) is 160 Å². The van der Waals surface area contributed by atoms with Crippen LogP contribution < -0.4 is 129 Å². The topological polar surface area (TPSA) is 827 Å². The molecule has 0 unspecified atom stereocenters. The third kappa shape index (κ3) is 52.1. The van der Waals surface area contributed by atoms with Gasteiger partial charge in [0.25, 0.3) is 0 Å². The van der Waals surface area contributed by atoms with Gasteiger partial charge in [-0.25, -0.2) is 9.78 Å². The number of carbonyl (C=O) groups is 23. The molecule has 786 valence electrons. The van der Waals surface area contributed by atoms with Gasteiger partial charge in [0.15, 0.2) is 0 Å². The van der Waals surface area contributed by atoms with Crippen LogP contribution in [-0.4, -0.2) is 340 Å². The molecule has 1 rings (SSSR count). The predicted molar refractivity (Wildman–Crippen MR) is 496 cm³/mol. The van der Waals surface area contributed by atoms with Gasteiger partial charge < -0.3 is 150 Å². The van der Waals surface area contributed by atoms with Crippen LogP contribution in [0.15, 0.2) is 12.5 Å². The number of thioether (sulfide) groups is 2. The zero-order chi connectivity index (χ0) is 106. The fourth-order valence-corrected chi connectivity index (χ4v) is 12.9. The van der Waals surface area contributed by atoms with E-state index in [1.807, 2.05) is 0 Å². The Balaban J connectivity index is 0.0000261. The van der Waals surface area contributed by atoms with E-state index in [1.54, 1.807) is 54.1 Å². The van der Waals surface area contributed by atoms with E-state index in [0.717, 1.165) is 0 Å². The summed E-state index contributed by atoms with van der Waals surface area (Å²) in [5.41, 5.74) is 23.2. The Bertz CT molecular complexity index is 4290. The number of aromatic nitrogens is 2. The Kier molecular flexibility index (Phi) is 60.0. The number of aliphatic hydroxyl groups is 1. The number of nitrogens with two attached hydrogens (primary N) is 4. The summed E-state index contributed by atoms with van der Waals surface area (Å²) in [6.45, 7) is 15.8. The van der Waals surface area contributed by atoms with Gasteiger partial charge in [0.05, 0.1) is 51.1 Å². The largest absolute Gasteiger partial charge is 0.490 e. The lowest BCUT2D eigenvalue weighted by Gasteiger charge is -2.28. The van der Waals surface area contributed by atoms with E-state index in [9.17, 15) is 124 Å². The van der Waals surface area contributed by atoms with Crippen molar-refractivity contribution in [3.8, 4) is 0 Å². The van der Waals surface area contributed by atoms with E-state index in [1.165, 1.54) is 84.5 Å². The van der Waals surface area contributed by atoms with Crippen molar-refractivity contribution in [3.63, 3.8) is 0 Å². The second kappa shape index (κ2) is 66.0. The molecular formula is C82H139F3N26O26S2. The molecule has 0 saturated heterocycles. The fourth-order valence-electron chi connectivity index (χ4n) is 12.0.